The molecule has 0 bridgehead atoms. The van der Waals surface area contributed by atoms with Gasteiger partial charge < -0.3 is 10.5 Å². The summed E-state index contributed by atoms with van der Waals surface area (Å²) in [5, 5.41) is 0. The lowest BCUT2D eigenvalue weighted by Gasteiger charge is -2.03. The molecule has 3 heteroatoms. The number of carbonyl (C=O) groups is 1. The monoisotopic (exact) mass is 157 g/mol. The molecule has 0 radical (unpaired) electrons. The molecule has 0 aliphatic rings. The third-order valence-electron chi connectivity index (χ3n) is 1.21. The maximum Gasteiger partial charge on any atom is 0.330 e. The summed E-state index contributed by atoms with van der Waals surface area (Å²) in [6.45, 7) is 5.64. The Bertz CT molecular complexity index is 132. The van der Waals surface area contributed by atoms with Gasteiger partial charge in [-0.15, -0.1) is 0 Å². The average Bonchev–Trinajstić information content (AvgIpc) is 1.97. The van der Waals surface area contributed by atoms with Crippen molar-refractivity contribution in [3.8, 4) is 0 Å². The second-order valence-corrected chi connectivity index (χ2v) is 2.49. The zero-order chi connectivity index (χ0) is 8.69. The minimum Gasteiger partial charge on any atom is -0.463 e. The molecule has 0 saturated carbocycles. The van der Waals surface area contributed by atoms with Gasteiger partial charge in [-0.3, -0.25) is 0 Å². The topological polar surface area (TPSA) is 52.3 Å². The van der Waals surface area contributed by atoms with Crippen LogP contribution in [0.2, 0.25) is 0 Å². The summed E-state index contributed by atoms with van der Waals surface area (Å²) in [6.07, 6.45) is 2.85. The Kier molecular flexibility index (Phi) is 5.47. The van der Waals surface area contributed by atoms with E-state index < -0.39 is 0 Å². The minimum absolute atomic E-state index is 0.178. The summed E-state index contributed by atoms with van der Waals surface area (Å²) in [5.41, 5.74) is 5.48. The molecule has 1 unspecified atom stereocenters. The lowest BCUT2D eigenvalue weighted by molar-refractivity contribution is -0.137. The first-order chi connectivity index (χ1) is 5.16. The van der Waals surface area contributed by atoms with Crippen LogP contribution in [-0.2, 0) is 9.53 Å². The maximum absolute atomic E-state index is 10.5. The van der Waals surface area contributed by atoms with Gasteiger partial charge in [-0.1, -0.05) is 6.58 Å². The highest BCUT2D eigenvalue weighted by atomic mass is 16.5. The van der Waals surface area contributed by atoms with E-state index in [1.165, 1.54) is 0 Å². The number of nitrogens with two attached hydrogens (primary N) is 1. The molecule has 0 heterocycles. The zero-order valence-electron chi connectivity index (χ0n) is 6.88. The first-order valence-electron chi connectivity index (χ1n) is 3.71. The first kappa shape index (κ1) is 10.2. The molecule has 0 aliphatic heterocycles. The van der Waals surface area contributed by atoms with Crippen LogP contribution in [0, 0.1) is 0 Å². The molecular weight excluding hydrogens is 142 g/mol. The second-order valence-electron chi connectivity index (χ2n) is 2.49. The van der Waals surface area contributed by atoms with Gasteiger partial charge in [0.15, 0.2) is 0 Å². The van der Waals surface area contributed by atoms with Crippen molar-refractivity contribution in [1.29, 1.82) is 0 Å². The molecule has 64 valence electrons. The molecule has 1 atom stereocenters. The predicted molar refractivity (Wildman–Crippen MR) is 44.0 cm³/mol. The van der Waals surface area contributed by atoms with Crippen molar-refractivity contribution in [1.82, 2.24) is 0 Å². The van der Waals surface area contributed by atoms with Crippen LogP contribution in [0.1, 0.15) is 19.8 Å². The Hall–Kier alpha value is -0.830. The number of carbonyl (C=O) groups excluding carboxylic acids is 1. The van der Waals surface area contributed by atoms with E-state index in [1.807, 2.05) is 6.92 Å². The van der Waals surface area contributed by atoms with Gasteiger partial charge >= 0.3 is 5.97 Å². The molecule has 0 rings (SSSR count). The third kappa shape index (κ3) is 7.06. The van der Waals surface area contributed by atoms with Gasteiger partial charge in [0.2, 0.25) is 0 Å². The Labute approximate surface area is 67.2 Å². The van der Waals surface area contributed by atoms with Gasteiger partial charge in [-0.2, -0.15) is 0 Å². The van der Waals surface area contributed by atoms with Gasteiger partial charge in [-0.05, 0) is 19.8 Å². The Morgan fingerprint density at radius 3 is 2.91 bits per heavy atom. The number of hydrogen-bond donors (Lipinski definition) is 1. The van der Waals surface area contributed by atoms with Crippen LogP contribution in [0.5, 0.6) is 0 Å². The van der Waals surface area contributed by atoms with E-state index in [0.717, 1.165) is 18.9 Å². The van der Waals surface area contributed by atoms with Crippen molar-refractivity contribution in [2.45, 2.75) is 25.8 Å². The standard InChI is InChI=1S/C8H15NO2/c1-3-8(10)11-6-4-5-7(2)9/h3,7H,1,4-6,9H2,2H3. The molecular formula is C8H15NO2. The van der Waals surface area contributed by atoms with E-state index in [9.17, 15) is 4.79 Å². The van der Waals surface area contributed by atoms with Gasteiger partial charge in [0.1, 0.15) is 0 Å². The van der Waals surface area contributed by atoms with Crippen molar-refractivity contribution in [2.24, 2.45) is 5.73 Å². The maximum atomic E-state index is 10.5. The van der Waals surface area contributed by atoms with E-state index in [-0.39, 0.29) is 12.0 Å². The summed E-state index contributed by atoms with van der Waals surface area (Å²) >= 11 is 0. The SMILES string of the molecule is C=CC(=O)OCCCC(C)N. The van der Waals surface area contributed by atoms with Crippen LogP contribution in [0.15, 0.2) is 12.7 Å². The molecule has 0 spiro atoms. The number of hydrogen-bond acceptors (Lipinski definition) is 3. The van der Waals surface area contributed by atoms with Crippen molar-refractivity contribution < 1.29 is 9.53 Å². The highest BCUT2D eigenvalue weighted by molar-refractivity contribution is 5.81. The number of rotatable bonds is 5. The lowest BCUT2D eigenvalue weighted by atomic mass is 10.2. The molecule has 0 aliphatic carbocycles. The molecule has 2 N–H and O–H groups in total. The van der Waals surface area contributed by atoms with Crippen LogP contribution in [-0.4, -0.2) is 18.6 Å². The normalized spacial score (nSPS) is 12.2. The average molecular weight is 157 g/mol. The van der Waals surface area contributed by atoms with E-state index in [2.05, 4.69) is 6.58 Å². The molecule has 0 saturated heterocycles. The van der Waals surface area contributed by atoms with Crippen LogP contribution in [0.3, 0.4) is 0 Å². The minimum atomic E-state index is -0.366. The van der Waals surface area contributed by atoms with Crippen molar-refractivity contribution in [3.63, 3.8) is 0 Å². The van der Waals surface area contributed by atoms with Gasteiger partial charge in [-0.25, -0.2) is 4.79 Å². The summed E-state index contributed by atoms with van der Waals surface area (Å²) < 4.78 is 4.73. The van der Waals surface area contributed by atoms with Crippen LogP contribution < -0.4 is 5.73 Å². The van der Waals surface area contributed by atoms with Gasteiger partial charge in [0, 0.05) is 12.1 Å². The molecule has 0 fully saturated rings. The quantitative estimate of drug-likeness (QED) is 0.365. The zero-order valence-corrected chi connectivity index (χ0v) is 6.88. The molecule has 0 aromatic heterocycles. The fourth-order valence-electron chi connectivity index (χ4n) is 0.637. The van der Waals surface area contributed by atoms with Gasteiger partial charge in [0.05, 0.1) is 6.61 Å². The largest absolute Gasteiger partial charge is 0.463 e. The molecule has 11 heavy (non-hydrogen) atoms. The van der Waals surface area contributed by atoms with Crippen LogP contribution in [0.4, 0.5) is 0 Å². The predicted octanol–water partition coefficient (Wildman–Crippen LogP) is 0.843. The number of ether oxygens (including phenoxy) is 1. The highest BCUT2D eigenvalue weighted by Gasteiger charge is 1.96. The summed E-state index contributed by atoms with van der Waals surface area (Å²) in [6, 6.07) is 0.178. The van der Waals surface area contributed by atoms with Crippen molar-refractivity contribution in [2.75, 3.05) is 6.61 Å². The highest BCUT2D eigenvalue weighted by Crippen LogP contribution is 1.93. The first-order valence-corrected chi connectivity index (χ1v) is 3.71. The Morgan fingerprint density at radius 2 is 2.45 bits per heavy atom. The lowest BCUT2D eigenvalue weighted by Crippen LogP contribution is -2.15. The number of esters is 1. The summed E-state index contributed by atoms with van der Waals surface area (Å²) in [5.74, 6) is -0.366. The van der Waals surface area contributed by atoms with E-state index in [0.29, 0.717) is 6.61 Å². The summed E-state index contributed by atoms with van der Waals surface area (Å²) in [4.78, 5) is 10.5. The molecule has 0 amide bonds. The Morgan fingerprint density at radius 1 is 1.82 bits per heavy atom. The van der Waals surface area contributed by atoms with Crippen molar-refractivity contribution in [3.05, 3.63) is 12.7 Å². The van der Waals surface area contributed by atoms with Crippen molar-refractivity contribution >= 4 is 5.97 Å². The van der Waals surface area contributed by atoms with Crippen LogP contribution in [0.25, 0.3) is 0 Å². The fraction of sp³-hybridized carbons (Fsp3) is 0.625. The van der Waals surface area contributed by atoms with E-state index >= 15 is 0 Å². The summed E-state index contributed by atoms with van der Waals surface area (Å²) in [7, 11) is 0. The molecule has 0 aromatic carbocycles. The fourth-order valence-corrected chi connectivity index (χ4v) is 0.637. The van der Waals surface area contributed by atoms with E-state index in [1.54, 1.807) is 0 Å². The second kappa shape index (κ2) is 5.92. The van der Waals surface area contributed by atoms with Crippen LogP contribution >= 0.6 is 0 Å². The molecule has 3 nitrogen and oxygen atoms in total. The van der Waals surface area contributed by atoms with E-state index in [4.69, 9.17) is 10.5 Å². The third-order valence-corrected chi connectivity index (χ3v) is 1.21. The Balaban J connectivity index is 3.14. The van der Waals surface area contributed by atoms with Gasteiger partial charge in [0.25, 0.3) is 0 Å². The smallest absolute Gasteiger partial charge is 0.330 e. The molecule has 0 aromatic rings.